The molecule has 1 atom stereocenters. The molecule has 0 bridgehead atoms. The monoisotopic (exact) mass is 280 g/mol. The highest BCUT2D eigenvalue weighted by Gasteiger charge is 2.63. The lowest BCUT2D eigenvalue weighted by Crippen LogP contribution is -2.46. The first kappa shape index (κ1) is 15.6. The van der Waals surface area contributed by atoms with Gasteiger partial charge in [0.2, 0.25) is 0 Å². The molecule has 1 nitrogen and oxygen atoms in total. The normalized spacial score (nSPS) is 14.2. The fourth-order valence-electron chi connectivity index (χ4n) is 1.77. The number of ketones is 1. The van der Waals surface area contributed by atoms with Gasteiger partial charge in [0.15, 0.2) is 5.78 Å². The SMILES string of the molecule is CCCC(C(=O)c1ccccc1)C(F)(F)C(F)(F)F. The number of alkyl halides is 5. The summed E-state index contributed by atoms with van der Waals surface area (Å²) in [5.41, 5.74) is -0.134. The lowest BCUT2D eigenvalue weighted by molar-refractivity contribution is -0.296. The molecule has 1 aromatic carbocycles. The zero-order valence-corrected chi connectivity index (χ0v) is 10.2. The summed E-state index contributed by atoms with van der Waals surface area (Å²) in [7, 11) is 0. The fraction of sp³-hybridized carbons (Fsp3) is 0.462. The van der Waals surface area contributed by atoms with Gasteiger partial charge in [-0.15, -0.1) is 0 Å². The molecule has 6 heteroatoms. The fourth-order valence-corrected chi connectivity index (χ4v) is 1.77. The first-order valence-corrected chi connectivity index (χ1v) is 5.75. The van der Waals surface area contributed by atoms with Crippen LogP contribution < -0.4 is 0 Å². The van der Waals surface area contributed by atoms with E-state index < -0.39 is 30.2 Å². The molecular weight excluding hydrogens is 267 g/mol. The van der Waals surface area contributed by atoms with Gasteiger partial charge in [0.05, 0.1) is 5.92 Å². The summed E-state index contributed by atoms with van der Waals surface area (Å²) in [5, 5.41) is 0. The van der Waals surface area contributed by atoms with Gasteiger partial charge in [0, 0.05) is 5.56 Å². The van der Waals surface area contributed by atoms with Crippen LogP contribution in [0.15, 0.2) is 30.3 Å². The zero-order valence-electron chi connectivity index (χ0n) is 10.2. The van der Waals surface area contributed by atoms with Crippen molar-refractivity contribution in [2.75, 3.05) is 0 Å². The maximum absolute atomic E-state index is 13.4. The van der Waals surface area contributed by atoms with E-state index in [2.05, 4.69) is 0 Å². The van der Waals surface area contributed by atoms with E-state index in [0.717, 1.165) is 0 Å². The van der Waals surface area contributed by atoms with Crippen LogP contribution in [0.3, 0.4) is 0 Å². The molecule has 0 N–H and O–H groups in total. The van der Waals surface area contributed by atoms with Crippen molar-refractivity contribution in [1.82, 2.24) is 0 Å². The Labute approximate surface area is 107 Å². The predicted octanol–water partition coefficient (Wildman–Crippen LogP) is 4.48. The van der Waals surface area contributed by atoms with Crippen molar-refractivity contribution in [2.45, 2.75) is 31.9 Å². The summed E-state index contributed by atoms with van der Waals surface area (Å²) >= 11 is 0. The predicted molar refractivity (Wildman–Crippen MR) is 60.2 cm³/mol. The third-order valence-corrected chi connectivity index (χ3v) is 2.77. The van der Waals surface area contributed by atoms with Gasteiger partial charge < -0.3 is 0 Å². The minimum absolute atomic E-state index is 0.0644. The quantitative estimate of drug-likeness (QED) is 0.574. The minimum atomic E-state index is -5.72. The molecule has 0 heterocycles. The van der Waals surface area contributed by atoms with Crippen molar-refractivity contribution in [1.29, 1.82) is 0 Å². The largest absolute Gasteiger partial charge is 0.454 e. The zero-order chi connectivity index (χ0) is 14.7. The van der Waals surface area contributed by atoms with Gasteiger partial charge in [0.1, 0.15) is 0 Å². The van der Waals surface area contributed by atoms with Crippen molar-refractivity contribution in [3.05, 3.63) is 35.9 Å². The summed E-state index contributed by atoms with van der Waals surface area (Å²) in [6.07, 6.45) is -6.17. The van der Waals surface area contributed by atoms with E-state index in [1.165, 1.54) is 31.2 Å². The van der Waals surface area contributed by atoms with E-state index in [0.29, 0.717) is 0 Å². The van der Waals surface area contributed by atoms with Gasteiger partial charge in [-0.2, -0.15) is 22.0 Å². The van der Waals surface area contributed by atoms with Crippen molar-refractivity contribution < 1.29 is 26.7 Å². The van der Waals surface area contributed by atoms with E-state index in [4.69, 9.17) is 0 Å². The summed E-state index contributed by atoms with van der Waals surface area (Å²) in [6.45, 7) is 1.46. The highest BCUT2D eigenvalue weighted by atomic mass is 19.4. The molecule has 0 amide bonds. The highest BCUT2D eigenvalue weighted by molar-refractivity contribution is 5.98. The summed E-state index contributed by atoms with van der Waals surface area (Å²) in [6, 6.07) is 6.85. The summed E-state index contributed by atoms with van der Waals surface area (Å²) in [5.74, 6) is -8.57. The lowest BCUT2D eigenvalue weighted by atomic mass is 9.87. The Morgan fingerprint density at radius 2 is 1.63 bits per heavy atom. The topological polar surface area (TPSA) is 17.1 Å². The maximum Gasteiger partial charge on any atom is 0.454 e. The highest BCUT2D eigenvalue weighted by Crippen LogP contribution is 2.44. The van der Waals surface area contributed by atoms with Gasteiger partial charge >= 0.3 is 12.1 Å². The number of benzene rings is 1. The Kier molecular flexibility index (Phi) is 4.66. The Morgan fingerprint density at radius 3 is 2.05 bits per heavy atom. The Hall–Kier alpha value is -1.46. The molecule has 106 valence electrons. The number of halogens is 5. The van der Waals surface area contributed by atoms with Gasteiger partial charge in [0.25, 0.3) is 0 Å². The first-order chi connectivity index (χ1) is 8.71. The van der Waals surface area contributed by atoms with Crippen molar-refractivity contribution in [2.24, 2.45) is 5.92 Å². The molecule has 0 radical (unpaired) electrons. The average Bonchev–Trinajstić information content (AvgIpc) is 2.34. The summed E-state index contributed by atoms with van der Waals surface area (Å²) in [4.78, 5) is 11.8. The standard InChI is InChI=1S/C13H13F5O/c1-2-6-10(12(14,15)13(16,17)18)11(19)9-7-4-3-5-8-9/h3-5,7-8,10H,2,6H2,1H3. The number of hydrogen-bond acceptors (Lipinski definition) is 1. The number of carbonyl (C=O) groups is 1. The number of hydrogen-bond donors (Lipinski definition) is 0. The molecule has 1 aromatic rings. The molecule has 0 aromatic heterocycles. The van der Waals surface area contributed by atoms with Crippen LogP contribution in [0.4, 0.5) is 22.0 Å². The molecular formula is C13H13F5O. The number of carbonyl (C=O) groups excluding carboxylic acids is 1. The lowest BCUT2D eigenvalue weighted by Gasteiger charge is -2.27. The van der Waals surface area contributed by atoms with Crippen molar-refractivity contribution >= 4 is 5.78 Å². The van der Waals surface area contributed by atoms with E-state index in [9.17, 15) is 26.7 Å². The molecule has 0 aliphatic rings. The number of rotatable bonds is 5. The second-order valence-electron chi connectivity index (χ2n) is 4.19. The molecule has 0 aliphatic carbocycles. The van der Waals surface area contributed by atoms with Crippen molar-refractivity contribution in [3.8, 4) is 0 Å². The Balaban J connectivity index is 3.12. The third-order valence-electron chi connectivity index (χ3n) is 2.77. The van der Waals surface area contributed by atoms with Crippen LogP contribution >= 0.6 is 0 Å². The van der Waals surface area contributed by atoms with Gasteiger partial charge in [-0.3, -0.25) is 4.79 Å². The second kappa shape index (κ2) is 5.67. The molecule has 0 fully saturated rings. The van der Waals surface area contributed by atoms with Crippen LogP contribution in [0.2, 0.25) is 0 Å². The second-order valence-corrected chi connectivity index (χ2v) is 4.19. The third kappa shape index (κ3) is 3.30. The number of Topliss-reactive ketones (excluding diaryl/α,β-unsaturated/α-hetero) is 1. The Morgan fingerprint density at radius 1 is 1.11 bits per heavy atom. The van der Waals surface area contributed by atoms with Crippen LogP contribution in [0.5, 0.6) is 0 Å². The van der Waals surface area contributed by atoms with E-state index in [1.807, 2.05) is 0 Å². The van der Waals surface area contributed by atoms with Crippen LogP contribution in [-0.4, -0.2) is 17.9 Å². The molecule has 19 heavy (non-hydrogen) atoms. The molecule has 0 aliphatic heterocycles. The summed E-state index contributed by atoms with van der Waals surface area (Å²) < 4.78 is 63.9. The van der Waals surface area contributed by atoms with Crippen LogP contribution in [0, 0.1) is 5.92 Å². The maximum atomic E-state index is 13.4. The van der Waals surface area contributed by atoms with E-state index in [-0.39, 0.29) is 12.0 Å². The minimum Gasteiger partial charge on any atom is -0.294 e. The van der Waals surface area contributed by atoms with E-state index in [1.54, 1.807) is 6.07 Å². The molecule has 0 saturated carbocycles. The van der Waals surface area contributed by atoms with Crippen LogP contribution in [0.1, 0.15) is 30.1 Å². The van der Waals surface area contributed by atoms with Crippen LogP contribution in [-0.2, 0) is 0 Å². The van der Waals surface area contributed by atoms with Crippen molar-refractivity contribution in [3.63, 3.8) is 0 Å². The molecule has 0 spiro atoms. The molecule has 1 rings (SSSR count). The Bertz CT molecular complexity index is 424. The smallest absolute Gasteiger partial charge is 0.294 e. The average molecular weight is 280 g/mol. The van der Waals surface area contributed by atoms with Gasteiger partial charge in [-0.25, -0.2) is 0 Å². The first-order valence-electron chi connectivity index (χ1n) is 5.75. The molecule has 1 unspecified atom stereocenters. The van der Waals surface area contributed by atoms with E-state index >= 15 is 0 Å². The molecule has 0 saturated heterocycles. The van der Waals surface area contributed by atoms with Crippen LogP contribution in [0.25, 0.3) is 0 Å². The van der Waals surface area contributed by atoms with Gasteiger partial charge in [-0.1, -0.05) is 43.7 Å². The van der Waals surface area contributed by atoms with Gasteiger partial charge in [-0.05, 0) is 6.42 Å².